The quantitative estimate of drug-likeness (QED) is 0.750. The smallest absolute Gasteiger partial charge is 0.144 e. The summed E-state index contributed by atoms with van der Waals surface area (Å²) in [6.07, 6.45) is 5.00. The predicted molar refractivity (Wildman–Crippen MR) is 75.8 cm³/mol. The fraction of sp³-hybridized carbons (Fsp3) is 0.588. The lowest BCUT2D eigenvalue weighted by atomic mass is 9.71. The Labute approximate surface area is 119 Å². The highest BCUT2D eigenvalue weighted by molar-refractivity contribution is 5.87. The third-order valence-electron chi connectivity index (χ3n) is 6.10. The normalized spacial score (nSPS) is 39.0. The molecule has 0 bridgehead atoms. The number of hydrogen-bond acceptors (Lipinski definition) is 2. The molecule has 0 amide bonds. The number of quaternary nitrogens is 1. The Morgan fingerprint density at radius 3 is 3.00 bits per heavy atom. The molecular weight excluding hydrogens is 250 g/mol. The summed E-state index contributed by atoms with van der Waals surface area (Å²) in [4.78, 5) is 13.9. The van der Waals surface area contributed by atoms with Crippen molar-refractivity contribution in [2.24, 2.45) is 5.41 Å². The first-order chi connectivity index (χ1) is 9.59. The van der Waals surface area contributed by atoms with Gasteiger partial charge in [-0.2, -0.15) is 0 Å². The molecule has 1 saturated carbocycles. The van der Waals surface area contributed by atoms with Crippen molar-refractivity contribution >= 4 is 5.78 Å². The zero-order valence-corrected chi connectivity index (χ0v) is 12.0. The van der Waals surface area contributed by atoms with Crippen LogP contribution in [0.3, 0.4) is 0 Å². The molecule has 3 nitrogen and oxygen atoms in total. The highest BCUT2D eigenvalue weighted by atomic mass is 16.3. The number of fused-ring (bicyclic) bond motifs is 5. The minimum Gasteiger partial charge on any atom is -0.508 e. The Bertz CT molecular complexity index is 582. The molecular formula is C17H22NO2+. The van der Waals surface area contributed by atoms with Gasteiger partial charge < -0.3 is 10.0 Å². The molecule has 3 aliphatic rings. The monoisotopic (exact) mass is 272 g/mol. The maximum Gasteiger partial charge on any atom is 0.144 e. The topological polar surface area (TPSA) is 41.7 Å². The Morgan fingerprint density at radius 2 is 2.15 bits per heavy atom. The molecule has 0 spiro atoms. The van der Waals surface area contributed by atoms with Gasteiger partial charge in [0.15, 0.2) is 0 Å². The second kappa shape index (κ2) is 4.08. The molecule has 4 atom stereocenters. The van der Waals surface area contributed by atoms with Gasteiger partial charge in [-0.05, 0) is 37.1 Å². The Hall–Kier alpha value is -1.35. The van der Waals surface area contributed by atoms with Gasteiger partial charge in [-0.25, -0.2) is 0 Å². The van der Waals surface area contributed by atoms with Crippen LogP contribution in [-0.4, -0.2) is 23.5 Å². The van der Waals surface area contributed by atoms with E-state index in [0.29, 0.717) is 23.6 Å². The average Bonchev–Trinajstić information content (AvgIpc) is 2.74. The van der Waals surface area contributed by atoms with Crippen molar-refractivity contribution in [3.05, 3.63) is 29.3 Å². The highest BCUT2D eigenvalue weighted by Gasteiger charge is 2.56. The van der Waals surface area contributed by atoms with Gasteiger partial charge in [0.25, 0.3) is 0 Å². The molecule has 1 aromatic carbocycles. The van der Waals surface area contributed by atoms with E-state index in [0.717, 1.165) is 38.6 Å². The van der Waals surface area contributed by atoms with Crippen LogP contribution in [0.5, 0.6) is 5.75 Å². The Balaban J connectivity index is 1.73. The number of carbonyl (C=O) groups is 1. The molecule has 106 valence electrons. The number of ketones is 1. The van der Waals surface area contributed by atoms with Crippen LogP contribution in [0.1, 0.15) is 49.8 Å². The van der Waals surface area contributed by atoms with E-state index >= 15 is 0 Å². The van der Waals surface area contributed by atoms with E-state index in [1.165, 1.54) is 11.1 Å². The van der Waals surface area contributed by atoms with Crippen LogP contribution in [0.25, 0.3) is 0 Å². The van der Waals surface area contributed by atoms with Crippen LogP contribution in [-0.2, 0) is 11.2 Å². The van der Waals surface area contributed by atoms with Crippen LogP contribution >= 0.6 is 0 Å². The van der Waals surface area contributed by atoms with E-state index < -0.39 is 0 Å². The van der Waals surface area contributed by atoms with Crippen molar-refractivity contribution in [1.82, 2.24) is 0 Å². The molecule has 4 rings (SSSR count). The van der Waals surface area contributed by atoms with Crippen LogP contribution in [0.15, 0.2) is 18.2 Å². The number of phenolic OH excluding ortho intramolecular Hbond substituents is 1. The first-order valence-electron chi connectivity index (χ1n) is 7.80. The summed E-state index contributed by atoms with van der Waals surface area (Å²) in [7, 11) is 0. The van der Waals surface area contributed by atoms with Crippen molar-refractivity contribution in [3.63, 3.8) is 0 Å². The standard InChI is InChI=1S/C17H21NO2/c1-17-8-6-14-13-3-2-12(19)10-11(13)7-9-18(14)15(17)4-5-16(17)20/h2-3,10,14-15,19H,4-9H2,1H3/p+1. The fourth-order valence-electron chi connectivity index (χ4n) is 4.99. The van der Waals surface area contributed by atoms with Crippen LogP contribution in [0.4, 0.5) is 0 Å². The molecule has 1 saturated heterocycles. The summed E-state index contributed by atoms with van der Waals surface area (Å²) >= 11 is 0. The van der Waals surface area contributed by atoms with Gasteiger partial charge in [-0.15, -0.1) is 0 Å². The summed E-state index contributed by atoms with van der Waals surface area (Å²) in [5.41, 5.74) is 2.65. The van der Waals surface area contributed by atoms with Crippen LogP contribution < -0.4 is 4.90 Å². The van der Waals surface area contributed by atoms with Crippen LogP contribution in [0, 0.1) is 5.41 Å². The van der Waals surface area contributed by atoms with Gasteiger partial charge in [0, 0.05) is 31.2 Å². The molecule has 2 N–H and O–H groups in total. The lowest BCUT2D eigenvalue weighted by molar-refractivity contribution is -0.969. The van der Waals surface area contributed by atoms with Crippen molar-refractivity contribution in [2.75, 3.05) is 6.54 Å². The van der Waals surface area contributed by atoms with Crippen molar-refractivity contribution in [2.45, 2.75) is 51.1 Å². The first kappa shape index (κ1) is 12.4. The third-order valence-corrected chi connectivity index (χ3v) is 6.10. The van der Waals surface area contributed by atoms with Gasteiger partial charge in [0.1, 0.15) is 23.6 Å². The van der Waals surface area contributed by atoms with E-state index in [4.69, 9.17) is 0 Å². The number of hydrogen-bond donors (Lipinski definition) is 2. The molecule has 3 heteroatoms. The number of rotatable bonds is 0. The molecule has 2 heterocycles. The molecule has 4 unspecified atom stereocenters. The van der Waals surface area contributed by atoms with E-state index in [1.54, 1.807) is 4.90 Å². The number of carbonyl (C=O) groups excluding carboxylic acids is 1. The SMILES string of the molecule is CC12CCC3c4ccc(O)cc4CC[NH+]3C1CCC2=O. The summed E-state index contributed by atoms with van der Waals surface area (Å²) in [5, 5.41) is 9.66. The van der Waals surface area contributed by atoms with Gasteiger partial charge >= 0.3 is 0 Å². The largest absolute Gasteiger partial charge is 0.508 e. The van der Waals surface area contributed by atoms with Gasteiger partial charge in [0.2, 0.25) is 0 Å². The fourth-order valence-corrected chi connectivity index (χ4v) is 4.99. The number of nitrogens with one attached hydrogen (secondary N) is 1. The van der Waals surface area contributed by atoms with E-state index in [-0.39, 0.29) is 5.41 Å². The molecule has 2 fully saturated rings. The number of Topliss-reactive ketones (excluding diaryl/α,β-unsaturated/α-hetero) is 1. The Morgan fingerprint density at radius 1 is 1.30 bits per heavy atom. The first-order valence-corrected chi connectivity index (χ1v) is 7.80. The summed E-state index contributed by atoms with van der Waals surface area (Å²) in [6.45, 7) is 3.30. The van der Waals surface area contributed by atoms with Gasteiger partial charge in [0.05, 0.1) is 12.0 Å². The number of aromatic hydroxyl groups is 1. The minimum atomic E-state index is -0.0692. The second-order valence-electron chi connectivity index (χ2n) is 6.98. The average molecular weight is 272 g/mol. The summed E-state index contributed by atoms with van der Waals surface area (Å²) in [6, 6.07) is 6.89. The Kier molecular flexibility index (Phi) is 2.53. The molecule has 2 aliphatic heterocycles. The summed E-state index contributed by atoms with van der Waals surface area (Å²) < 4.78 is 0. The van der Waals surface area contributed by atoms with E-state index in [1.807, 2.05) is 12.1 Å². The molecule has 1 aliphatic carbocycles. The second-order valence-corrected chi connectivity index (χ2v) is 6.98. The van der Waals surface area contributed by atoms with Crippen molar-refractivity contribution < 1.29 is 14.8 Å². The van der Waals surface area contributed by atoms with Crippen molar-refractivity contribution in [3.8, 4) is 5.75 Å². The third kappa shape index (κ3) is 1.53. The van der Waals surface area contributed by atoms with Crippen molar-refractivity contribution in [1.29, 1.82) is 0 Å². The number of piperidine rings is 1. The maximum atomic E-state index is 12.2. The molecule has 0 aromatic heterocycles. The zero-order chi connectivity index (χ0) is 13.9. The number of phenols is 1. The highest BCUT2D eigenvalue weighted by Crippen LogP contribution is 2.44. The summed E-state index contributed by atoms with van der Waals surface area (Å²) in [5.74, 6) is 0.869. The molecule has 0 radical (unpaired) electrons. The van der Waals surface area contributed by atoms with Gasteiger partial charge in [-0.3, -0.25) is 4.79 Å². The molecule has 1 aromatic rings. The zero-order valence-electron chi connectivity index (χ0n) is 12.0. The minimum absolute atomic E-state index is 0.0692. The van der Waals surface area contributed by atoms with E-state index in [2.05, 4.69) is 13.0 Å². The maximum absolute atomic E-state index is 12.2. The lowest BCUT2D eigenvalue weighted by Crippen LogP contribution is -3.19. The predicted octanol–water partition coefficient (Wildman–Crippen LogP) is 1.41. The van der Waals surface area contributed by atoms with E-state index in [9.17, 15) is 9.90 Å². The molecule has 20 heavy (non-hydrogen) atoms. The van der Waals surface area contributed by atoms with Crippen LogP contribution in [0.2, 0.25) is 0 Å². The lowest BCUT2D eigenvalue weighted by Gasteiger charge is -2.47. The number of benzene rings is 1. The van der Waals surface area contributed by atoms with Gasteiger partial charge in [-0.1, -0.05) is 0 Å².